The van der Waals surface area contributed by atoms with E-state index in [9.17, 15) is 9.59 Å². The van der Waals surface area contributed by atoms with E-state index >= 15 is 0 Å². The van der Waals surface area contributed by atoms with Gasteiger partial charge < -0.3 is 10.1 Å². The molecule has 1 N–H and O–H groups in total. The average molecular weight is 375 g/mol. The van der Waals surface area contributed by atoms with Crippen LogP contribution in [0.25, 0.3) is 0 Å². The Kier molecular flexibility index (Phi) is 6.83. The Hall–Kier alpha value is -1.11. The number of esters is 1. The topological polar surface area (TPSA) is 55.4 Å². The van der Waals surface area contributed by atoms with E-state index in [-0.39, 0.29) is 15.8 Å². The van der Waals surface area contributed by atoms with Crippen molar-refractivity contribution in [2.45, 2.75) is 23.7 Å². The van der Waals surface area contributed by atoms with E-state index in [4.69, 9.17) is 0 Å². The molecule has 1 aromatic rings. The molecular formula is C14H18INO3. The van der Waals surface area contributed by atoms with E-state index in [1.165, 1.54) is 18.2 Å². The highest BCUT2D eigenvalue weighted by molar-refractivity contribution is 14.1. The van der Waals surface area contributed by atoms with Crippen LogP contribution in [-0.2, 0) is 20.7 Å². The normalized spacial score (nSPS) is 11.7. The molecule has 0 saturated heterocycles. The van der Waals surface area contributed by atoms with E-state index in [1.54, 1.807) is 0 Å². The zero-order valence-electron chi connectivity index (χ0n) is 11.1. The van der Waals surface area contributed by atoms with Crippen molar-refractivity contribution in [3.05, 3.63) is 35.4 Å². The van der Waals surface area contributed by atoms with Crippen LogP contribution in [0.5, 0.6) is 0 Å². The van der Waals surface area contributed by atoms with Crippen molar-refractivity contribution in [2.24, 2.45) is 0 Å². The van der Waals surface area contributed by atoms with Crippen LogP contribution in [0, 0.1) is 6.92 Å². The molecule has 0 aliphatic heterocycles. The maximum atomic E-state index is 11.7. The lowest BCUT2D eigenvalue weighted by atomic mass is 10.0. The predicted molar refractivity (Wildman–Crippen MR) is 82.3 cm³/mol. The Morgan fingerprint density at radius 2 is 2.05 bits per heavy atom. The van der Waals surface area contributed by atoms with Crippen LogP contribution in [0.15, 0.2) is 24.3 Å². The Morgan fingerprint density at radius 1 is 1.37 bits per heavy atom. The molecule has 0 radical (unpaired) electrons. The first kappa shape index (κ1) is 15.9. The molecule has 0 aliphatic rings. The Labute approximate surface area is 127 Å². The van der Waals surface area contributed by atoms with Gasteiger partial charge in [0.2, 0.25) is 5.91 Å². The lowest BCUT2D eigenvalue weighted by molar-refractivity contribution is -0.139. The van der Waals surface area contributed by atoms with Gasteiger partial charge in [0.25, 0.3) is 0 Å². The fourth-order valence-electron chi connectivity index (χ4n) is 1.64. The lowest BCUT2D eigenvalue weighted by Gasteiger charge is -2.10. The summed E-state index contributed by atoms with van der Waals surface area (Å²) in [6.45, 7) is 2.34. The molecule has 5 heteroatoms. The summed E-state index contributed by atoms with van der Waals surface area (Å²) in [5.41, 5.74) is 2.37. The summed E-state index contributed by atoms with van der Waals surface area (Å²) < 4.78 is 4.25. The number of alkyl halides is 1. The van der Waals surface area contributed by atoms with E-state index in [0.29, 0.717) is 19.4 Å². The number of methoxy groups -OCH3 is 1. The van der Waals surface area contributed by atoms with E-state index in [1.807, 2.05) is 53.8 Å². The maximum absolute atomic E-state index is 11.7. The molecule has 1 rings (SSSR count). The van der Waals surface area contributed by atoms with Crippen LogP contribution in [-0.4, -0.2) is 29.5 Å². The largest absolute Gasteiger partial charge is 0.468 e. The fourth-order valence-corrected chi connectivity index (χ4v) is 2.12. The number of amides is 1. The van der Waals surface area contributed by atoms with Gasteiger partial charge in [-0.1, -0.05) is 46.9 Å². The van der Waals surface area contributed by atoms with Crippen molar-refractivity contribution in [3.8, 4) is 0 Å². The van der Waals surface area contributed by atoms with E-state index < -0.39 is 0 Å². The third kappa shape index (κ3) is 5.59. The summed E-state index contributed by atoms with van der Waals surface area (Å²) in [5.74, 6) is -0.367. The number of hydrogen-bond acceptors (Lipinski definition) is 3. The maximum Gasteiger partial charge on any atom is 0.320 e. The molecule has 1 aromatic carbocycles. The second-order valence-electron chi connectivity index (χ2n) is 4.22. The van der Waals surface area contributed by atoms with Gasteiger partial charge in [-0.2, -0.15) is 0 Å². The number of benzene rings is 1. The number of carbonyl (C=O) groups is 2. The van der Waals surface area contributed by atoms with Gasteiger partial charge in [0.05, 0.1) is 7.11 Å². The second kappa shape index (κ2) is 8.14. The number of nitrogens with one attached hydrogen (secondary N) is 1. The van der Waals surface area contributed by atoms with Crippen LogP contribution in [0.1, 0.15) is 17.5 Å². The first-order chi connectivity index (χ1) is 9.04. The van der Waals surface area contributed by atoms with Gasteiger partial charge >= 0.3 is 5.97 Å². The van der Waals surface area contributed by atoms with Gasteiger partial charge in [-0.15, -0.1) is 0 Å². The van der Waals surface area contributed by atoms with Crippen molar-refractivity contribution in [1.29, 1.82) is 0 Å². The molecule has 0 fully saturated rings. The fraction of sp³-hybridized carbons (Fsp3) is 0.429. The van der Waals surface area contributed by atoms with Gasteiger partial charge in [-0.3, -0.25) is 9.59 Å². The highest BCUT2D eigenvalue weighted by Crippen LogP contribution is 2.09. The molecule has 0 aromatic heterocycles. The van der Waals surface area contributed by atoms with Crippen molar-refractivity contribution in [2.75, 3.05) is 13.7 Å². The molecule has 1 unspecified atom stereocenters. The monoisotopic (exact) mass is 375 g/mol. The second-order valence-corrected chi connectivity index (χ2v) is 5.72. The number of ether oxygens (including phenoxy) is 1. The zero-order valence-corrected chi connectivity index (χ0v) is 13.3. The van der Waals surface area contributed by atoms with Gasteiger partial charge in [-0.05, 0) is 24.5 Å². The molecule has 0 bridgehead atoms. The van der Waals surface area contributed by atoms with Crippen molar-refractivity contribution < 1.29 is 14.3 Å². The van der Waals surface area contributed by atoms with Crippen LogP contribution in [0.4, 0.5) is 0 Å². The molecule has 0 spiro atoms. The number of hydrogen-bond donors (Lipinski definition) is 1. The van der Waals surface area contributed by atoms with E-state index in [0.717, 1.165) is 0 Å². The minimum absolute atomic E-state index is 0.0474. The quantitative estimate of drug-likeness (QED) is 0.470. The van der Waals surface area contributed by atoms with Crippen molar-refractivity contribution in [1.82, 2.24) is 5.32 Å². The van der Waals surface area contributed by atoms with Gasteiger partial charge in [0, 0.05) is 13.0 Å². The van der Waals surface area contributed by atoms with Gasteiger partial charge in [-0.25, -0.2) is 0 Å². The third-order valence-electron chi connectivity index (χ3n) is 2.82. The van der Waals surface area contributed by atoms with Crippen LogP contribution >= 0.6 is 22.6 Å². The van der Waals surface area contributed by atoms with Crippen LogP contribution < -0.4 is 5.32 Å². The van der Waals surface area contributed by atoms with E-state index in [2.05, 4.69) is 10.1 Å². The molecule has 1 amide bonds. The summed E-state index contributed by atoms with van der Waals surface area (Å²) >= 11 is 1.96. The van der Waals surface area contributed by atoms with Crippen LogP contribution in [0.3, 0.4) is 0 Å². The number of rotatable bonds is 6. The number of aryl methyl sites for hydroxylation is 2. The first-order valence-electron chi connectivity index (χ1n) is 6.07. The number of halogens is 1. The summed E-state index contributed by atoms with van der Waals surface area (Å²) in [7, 11) is 1.34. The summed E-state index contributed by atoms with van der Waals surface area (Å²) in [6.07, 6.45) is 1.14. The lowest BCUT2D eigenvalue weighted by Crippen LogP contribution is -2.33. The molecule has 104 valence electrons. The molecule has 0 heterocycles. The zero-order chi connectivity index (χ0) is 14.3. The van der Waals surface area contributed by atoms with Gasteiger partial charge in [0.1, 0.15) is 3.92 Å². The Bertz CT molecular complexity index is 448. The third-order valence-corrected chi connectivity index (χ3v) is 3.77. The SMILES string of the molecule is COC(=O)C(I)CNC(=O)CCc1ccccc1C. The predicted octanol–water partition coefficient (Wildman–Crippen LogP) is 2.02. The molecule has 0 aliphatic carbocycles. The molecule has 1 atom stereocenters. The molecule has 4 nitrogen and oxygen atoms in total. The summed E-state index contributed by atoms with van der Waals surface area (Å²) in [5, 5.41) is 2.74. The van der Waals surface area contributed by atoms with Gasteiger partial charge in [0.15, 0.2) is 0 Å². The Balaban J connectivity index is 2.33. The minimum Gasteiger partial charge on any atom is -0.468 e. The highest BCUT2D eigenvalue weighted by Gasteiger charge is 2.15. The van der Waals surface area contributed by atoms with Crippen molar-refractivity contribution >= 4 is 34.5 Å². The highest BCUT2D eigenvalue weighted by atomic mass is 127. The Morgan fingerprint density at radius 3 is 2.68 bits per heavy atom. The smallest absolute Gasteiger partial charge is 0.320 e. The summed E-state index contributed by atoms with van der Waals surface area (Å²) in [6, 6.07) is 8.01. The molecular weight excluding hydrogens is 357 g/mol. The average Bonchev–Trinajstić information content (AvgIpc) is 2.42. The standard InChI is InChI=1S/C14H18INO3/c1-10-5-3-4-6-11(10)7-8-13(17)16-9-12(15)14(18)19-2/h3-6,12H,7-9H2,1-2H3,(H,16,17). The minimum atomic E-state index is -0.343. The van der Waals surface area contributed by atoms with Crippen LogP contribution in [0.2, 0.25) is 0 Å². The molecule has 0 saturated carbocycles. The molecule has 19 heavy (non-hydrogen) atoms. The number of carbonyl (C=O) groups excluding carboxylic acids is 2. The van der Waals surface area contributed by atoms with Crippen molar-refractivity contribution in [3.63, 3.8) is 0 Å². The first-order valence-corrected chi connectivity index (χ1v) is 7.32. The summed E-state index contributed by atoms with van der Waals surface area (Å²) in [4.78, 5) is 22.8.